The van der Waals surface area contributed by atoms with Crippen molar-refractivity contribution in [3.63, 3.8) is 0 Å². The van der Waals surface area contributed by atoms with Gasteiger partial charge in [0.15, 0.2) is 0 Å². The van der Waals surface area contributed by atoms with Crippen molar-refractivity contribution in [2.75, 3.05) is 28.4 Å². The lowest BCUT2D eigenvalue weighted by atomic mass is 9.84. The molecule has 5 N–H and O–H groups in total. The van der Waals surface area contributed by atoms with Crippen LogP contribution in [0.25, 0.3) is 0 Å². The Hall–Kier alpha value is -4.39. The van der Waals surface area contributed by atoms with Crippen LogP contribution in [0.15, 0.2) is 49.2 Å². The van der Waals surface area contributed by atoms with Crippen molar-refractivity contribution < 1.29 is 27.8 Å². The maximum atomic E-state index is 13.9. The zero-order valence-corrected chi connectivity index (χ0v) is 22.9. The lowest BCUT2D eigenvalue weighted by Crippen LogP contribution is -2.35. The Morgan fingerprint density at radius 2 is 1.88 bits per heavy atom. The van der Waals surface area contributed by atoms with Crippen LogP contribution < -0.4 is 26.0 Å². The summed E-state index contributed by atoms with van der Waals surface area (Å²) in [6.45, 7) is 7.01. The summed E-state index contributed by atoms with van der Waals surface area (Å²) in [5.74, 6) is -0.382. The first-order valence-electron chi connectivity index (χ1n) is 12.9. The van der Waals surface area contributed by atoms with Crippen LogP contribution in [-0.2, 0) is 11.0 Å². The molecular formula is C28H32F3N7O3. The Bertz CT molecular complexity index is 1420. The van der Waals surface area contributed by atoms with E-state index in [1.807, 2.05) is 6.92 Å². The van der Waals surface area contributed by atoms with E-state index in [4.69, 9.17) is 4.74 Å². The Labute approximate surface area is 235 Å². The third-order valence-corrected chi connectivity index (χ3v) is 6.65. The van der Waals surface area contributed by atoms with Gasteiger partial charge in [-0.15, -0.1) is 0 Å². The number of aryl methyl sites for hydroxylation is 1. The molecule has 1 saturated carbocycles. The van der Waals surface area contributed by atoms with Gasteiger partial charge in [0.05, 0.1) is 24.1 Å². The van der Waals surface area contributed by atoms with E-state index >= 15 is 0 Å². The minimum Gasteiger partial charge on any atom is -0.481 e. The molecule has 1 aliphatic carbocycles. The van der Waals surface area contributed by atoms with Crippen molar-refractivity contribution in [3.05, 3.63) is 60.3 Å². The van der Waals surface area contributed by atoms with Gasteiger partial charge in [-0.1, -0.05) is 12.6 Å². The molecule has 10 nitrogen and oxygen atoms in total. The molecule has 1 amide bonds. The zero-order valence-electron chi connectivity index (χ0n) is 22.9. The highest BCUT2D eigenvalue weighted by atomic mass is 19.4. The fourth-order valence-corrected chi connectivity index (χ4v) is 4.40. The average Bonchev–Trinajstić information content (AvgIpc) is 2.90. The molecule has 2 heterocycles. The highest BCUT2D eigenvalue weighted by molar-refractivity contribution is 6.01. The van der Waals surface area contributed by atoms with Crippen LogP contribution in [0.1, 0.15) is 43.7 Å². The van der Waals surface area contributed by atoms with E-state index in [-0.39, 0.29) is 29.2 Å². The summed E-state index contributed by atoms with van der Waals surface area (Å²) in [6.07, 6.45) is -0.218. The maximum Gasteiger partial charge on any atom is 0.421 e. The summed E-state index contributed by atoms with van der Waals surface area (Å²) in [6, 6.07) is 8.17. The quantitative estimate of drug-likeness (QED) is 0.198. The minimum absolute atomic E-state index is 0.0890. The second kappa shape index (κ2) is 12.0. The number of nitrogens with zero attached hydrogens (tertiary/aromatic N) is 3. The van der Waals surface area contributed by atoms with Crippen LogP contribution in [0.3, 0.4) is 0 Å². The highest BCUT2D eigenvalue weighted by Gasteiger charge is 2.35. The molecule has 0 unspecified atom stereocenters. The number of rotatable bonds is 9. The van der Waals surface area contributed by atoms with Gasteiger partial charge in [0.1, 0.15) is 17.2 Å². The topological polar surface area (TPSA) is 133 Å². The van der Waals surface area contributed by atoms with Crippen LogP contribution in [0, 0.1) is 6.92 Å². The number of pyridine rings is 1. The fourth-order valence-electron chi connectivity index (χ4n) is 4.40. The van der Waals surface area contributed by atoms with E-state index in [1.54, 1.807) is 37.3 Å². The first kappa shape index (κ1) is 29.6. The summed E-state index contributed by atoms with van der Waals surface area (Å²) in [7, 11) is 1.45. The molecule has 2 aromatic heterocycles. The number of hydrogen-bond acceptors (Lipinski definition) is 9. The van der Waals surface area contributed by atoms with Gasteiger partial charge in [-0.2, -0.15) is 23.1 Å². The smallest absolute Gasteiger partial charge is 0.421 e. The average molecular weight is 572 g/mol. The number of anilines is 6. The number of ether oxygens (including phenoxy) is 1. The number of alkyl halides is 3. The number of carbonyl (C=O) groups is 1. The van der Waals surface area contributed by atoms with E-state index in [0.717, 1.165) is 24.5 Å². The first-order chi connectivity index (χ1) is 19.3. The van der Waals surface area contributed by atoms with Crippen LogP contribution in [0.5, 0.6) is 5.88 Å². The van der Waals surface area contributed by atoms with Gasteiger partial charge in [-0.05, 0) is 63.3 Å². The number of carbonyl (C=O) groups excluding carboxylic acids is 1. The van der Waals surface area contributed by atoms with Crippen molar-refractivity contribution in [1.29, 1.82) is 0 Å². The Kier molecular flexibility index (Phi) is 8.66. The van der Waals surface area contributed by atoms with E-state index in [0.29, 0.717) is 30.5 Å². The molecule has 13 heteroatoms. The largest absolute Gasteiger partial charge is 0.481 e. The molecule has 0 radical (unpaired) electrons. The first-order valence-corrected chi connectivity index (χ1v) is 12.9. The number of nitrogens with one attached hydrogen (secondary N) is 4. The number of amides is 1. The fraction of sp³-hybridized carbons (Fsp3) is 0.357. The summed E-state index contributed by atoms with van der Waals surface area (Å²) in [5, 5.41) is 21.8. The van der Waals surface area contributed by atoms with Gasteiger partial charge >= 0.3 is 6.18 Å². The molecule has 4 rings (SSSR count). The van der Waals surface area contributed by atoms with Crippen molar-refractivity contribution in [2.45, 2.75) is 57.3 Å². The monoisotopic (exact) mass is 571 g/mol. The Balaban J connectivity index is 1.62. The lowest BCUT2D eigenvalue weighted by Gasteiger charge is -2.33. The Morgan fingerprint density at radius 3 is 2.54 bits per heavy atom. The predicted octanol–water partition coefficient (Wildman–Crippen LogP) is 5.92. The molecule has 1 aliphatic rings. The van der Waals surface area contributed by atoms with E-state index < -0.39 is 29.1 Å². The predicted molar refractivity (Wildman–Crippen MR) is 151 cm³/mol. The number of aromatic nitrogens is 3. The third-order valence-electron chi connectivity index (χ3n) is 6.65. The Morgan fingerprint density at radius 1 is 1.15 bits per heavy atom. The van der Waals surface area contributed by atoms with Crippen LogP contribution in [0.4, 0.5) is 47.8 Å². The van der Waals surface area contributed by atoms with Crippen molar-refractivity contribution in [1.82, 2.24) is 15.0 Å². The molecular weight excluding hydrogens is 539 g/mol. The summed E-state index contributed by atoms with van der Waals surface area (Å²) >= 11 is 0. The maximum absolute atomic E-state index is 13.9. The van der Waals surface area contributed by atoms with Crippen molar-refractivity contribution in [2.24, 2.45) is 0 Å². The molecule has 1 fully saturated rings. The summed E-state index contributed by atoms with van der Waals surface area (Å²) < 4.78 is 47.0. The molecule has 3 aromatic rings. The number of benzene rings is 1. The highest BCUT2D eigenvalue weighted by Crippen LogP contribution is 2.37. The number of halogens is 3. The van der Waals surface area contributed by atoms with Gasteiger partial charge < -0.3 is 31.1 Å². The van der Waals surface area contributed by atoms with Gasteiger partial charge in [-0.3, -0.25) is 4.79 Å². The van der Waals surface area contributed by atoms with E-state index in [9.17, 15) is 23.1 Å². The molecule has 0 saturated heterocycles. The summed E-state index contributed by atoms with van der Waals surface area (Å²) in [4.78, 5) is 24.3. The number of methoxy groups -OCH3 is 1. The number of hydrogen-bond donors (Lipinski definition) is 5. The molecule has 0 aliphatic heterocycles. The third kappa shape index (κ3) is 7.84. The normalized spacial score (nSPS) is 18.8. The molecule has 218 valence electrons. The SMILES string of the molecule is C=CC(=O)Nc1cc(C)ccc1Nc1nc(Nc2cc(N[C@H]3CC[C@](C)(O)CC3)nc(OC)c2)ncc1C(F)(F)F. The second-order valence-electron chi connectivity index (χ2n) is 10.1. The lowest BCUT2D eigenvalue weighted by molar-refractivity contribution is -0.137. The van der Waals surface area contributed by atoms with Crippen molar-refractivity contribution in [3.8, 4) is 5.88 Å². The van der Waals surface area contributed by atoms with Gasteiger partial charge in [-0.25, -0.2) is 4.98 Å². The van der Waals surface area contributed by atoms with Crippen LogP contribution in [-0.4, -0.2) is 44.7 Å². The molecule has 0 bridgehead atoms. The van der Waals surface area contributed by atoms with Crippen LogP contribution >= 0.6 is 0 Å². The minimum atomic E-state index is -4.75. The molecule has 1 aromatic carbocycles. The van der Waals surface area contributed by atoms with Gasteiger partial charge in [0.2, 0.25) is 17.7 Å². The molecule has 0 atom stereocenters. The van der Waals surface area contributed by atoms with Gasteiger partial charge in [0, 0.05) is 30.1 Å². The van der Waals surface area contributed by atoms with Crippen molar-refractivity contribution >= 4 is 40.6 Å². The van der Waals surface area contributed by atoms with E-state index in [2.05, 4.69) is 42.8 Å². The zero-order chi connectivity index (χ0) is 29.8. The van der Waals surface area contributed by atoms with Gasteiger partial charge in [0.25, 0.3) is 0 Å². The molecule has 0 spiro atoms. The van der Waals surface area contributed by atoms with Crippen LogP contribution in [0.2, 0.25) is 0 Å². The second-order valence-corrected chi connectivity index (χ2v) is 10.1. The standard InChI is InChI=1S/C28H32F3N7O3/c1-5-23(39)35-21-12-16(2)6-7-20(21)36-25-19(28(29,30)31)15-32-26(38-25)34-18-13-22(37-24(14-18)41-4)33-17-8-10-27(3,40)11-9-17/h5-7,12-15,17,40H,1,8-11H2,2-4H3,(H,35,39)(H3,32,33,34,36,37,38)/t17-,27-. The van der Waals surface area contributed by atoms with E-state index in [1.165, 1.54) is 7.11 Å². The molecule has 41 heavy (non-hydrogen) atoms. The number of aliphatic hydroxyl groups is 1. The summed E-state index contributed by atoms with van der Waals surface area (Å²) in [5.41, 5.74) is -0.103.